The van der Waals surface area contributed by atoms with Crippen molar-refractivity contribution in [3.05, 3.63) is 65.5 Å². The number of hydrogen-bond acceptors (Lipinski definition) is 3. The second kappa shape index (κ2) is 6.08. The standard InChI is InChI=1S/C15H13FN2O2/c16-12-6-4-10(5-7-12)15(20)18-13-3-1-2-11(8-13)14(19)9-17/h1-8H,9,17H2,(H,18,20). The molecule has 1 amide bonds. The van der Waals surface area contributed by atoms with Crippen molar-refractivity contribution >= 4 is 17.4 Å². The van der Waals surface area contributed by atoms with Crippen LogP contribution >= 0.6 is 0 Å². The molecule has 2 aromatic carbocycles. The van der Waals surface area contributed by atoms with Gasteiger partial charge < -0.3 is 11.1 Å². The van der Waals surface area contributed by atoms with E-state index in [-0.39, 0.29) is 18.2 Å². The summed E-state index contributed by atoms with van der Waals surface area (Å²) in [6.07, 6.45) is 0. The van der Waals surface area contributed by atoms with Gasteiger partial charge in [-0.3, -0.25) is 9.59 Å². The predicted molar refractivity (Wildman–Crippen MR) is 74.2 cm³/mol. The number of benzene rings is 2. The fourth-order valence-electron chi connectivity index (χ4n) is 1.69. The molecule has 0 aromatic heterocycles. The van der Waals surface area contributed by atoms with Crippen LogP contribution in [0.1, 0.15) is 20.7 Å². The van der Waals surface area contributed by atoms with Crippen molar-refractivity contribution < 1.29 is 14.0 Å². The maximum Gasteiger partial charge on any atom is 0.255 e. The van der Waals surface area contributed by atoms with E-state index in [1.165, 1.54) is 24.3 Å². The lowest BCUT2D eigenvalue weighted by Gasteiger charge is -2.06. The van der Waals surface area contributed by atoms with E-state index in [1.807, 2.05) is 0 Å². The van der Waals surface area contributed by atoms with Gasteiger partial charge in [-0.15, -0.1) is 0 Å². The van der Waals surface area contributed by atoms with Gasteiger partial charge in [0.05, 0.1) is 6.54 Å². The van der Waals surface area contributed by atoms with E-state index in [1.54, 1.807) is 24.3 Å². The van der Waals surface area contributed by atoms with Crippen LogP contribution in [0.25, 0.3) is 0 Å². The first-order valence-corrected chi connectivity index (χ1v) is 6.00. The van der Waals surface area contributed by atoms with Crippen molar-refractivity contribution in [2.75, 3.05) is 11.9 Å². The zero-order valence-electron chi connectivity index (χ0n) is 10.6. The minimum absolute atomic E-state index is 0.0879. The Morgan fingerprint density at radius 3 is 2.40 bits per heavy atom. The molecule has 2 aromatic rings. The Balaban J connectivity index is 2.15. The van der Waals surface area contributed by atoms with E-state index in [2.05, 4.69) is 5.32 Å². The number of nitrogens with two attached hydrogens (primary N) is 1. The number of hydrogen-bond donors (Lipinski definition) is 2. The van der Waals surface area contributed by atoms with E-state index < -0.39 is 5.82 Å². The van der Waals surface area contributed by atoms with Gasteiger partial charge in [0.15, 0.2) is 5.78 Å². The first-order chi connectivity index (χ1) is 9.60. The number of ketones is 1. The highest BCUT2D eigenvalue weighted by molar-refractivity contribution is 6.05. The summed E-state index contributed by atoms with van der Waals surface area (Å²) in [7, 11) is 0. The van der Waals surface area contributed by atoms with Crippen molar-refractivity contribution in [3.63, 3.8) is 0 Å². The second-order valence-electron chi connectivity index (χ2n) is 4.17. The number of carbonyl (C=O) groups is 2. The van der Waals surface area contributed by atoms with Crippen LogP contribution in [0.15, 0.2) is 48.5 Å². The van der Waals surface area contributed by atoms with Crippen molar-refractivity contribution in [3.8, 4) is 0 Å². The summed E-state index contributed by atoms with van der Waals surface area (Å²) in [5.74, 6) is -0.984. The van der Waals surface area contributed by atoms with Crippen molar-refractivity contribution in [1.82, 2.24) is 0 Å². The molecule has 0 aliphatic rings. The molecule has 5 heteroatoms. The van der Waals surface area contributed by atoms with Gasteiger partial charge in [0.2, 0.25) is 0 Å². The van der Waals surface area contributed by atoms with Gasteiger partial charge in [-0.2, -0.15) is 0 Å². The topological polar surface area (TPSA) is 72.2 Å². The molecule has 0 fully saturated rings. The molecule has 0 aliphatic heterocycles. The van der Waals surface area contributed by atoms with Crippen LogP contribution in [0.3, 0.4) is 0 Å². The summed E-state index contributed by atoms with van der Waals surface area (Å²) in [6, 6.07) is 11.7. The minimum Gasteiger partial charge on any atom is -0.324 e. The Labute approximate surface area is 115 Å². The molecule has 0 heterocycles. The Kier molecular flexibility index (Phi) is 4.22. The summed E-state index contributed by atoms with van der Waals surface area (Å²) in [5, 5.41) is 2.64. The lowest BCUT2D eigenvalue weighted by molar-refractivity contribution is 0.0997. The fraction of sp³-hybridized carbons (Fsp3) is 0.0667. The summed E-state index contributed by atoms with van der Waals surface area (Å²) in [4.78, 5) is 23.4. The van der Waals surface area contributed by atoms with Crippen LogP contribution in [0, 0.1) is 5.82 Å². The van der Waals surface area contributed by atoms with Gasteiger partial charge in [0.1, 0.15) is 5.82 Å². The van der Waals surface area contributed by atoms with Gasteiger partial charge in [-0.1, -0.05) is 12.1 Å². The normalized spacial score (nSPS) is 10.1. The number of Topliss-reactive ketones (excluding diaryl/α,β-unsaturated/α-hetero) is 1. The smallest absolute Gasteiger partial charge is 0.255 e. The van der Waals surface area contributed by atoms with Crippen LogP contribution in [-0.4, -0.2) is 18.2 Å². The zero-order valence-corrected chi connectivity index (χ0v) is 10.6. The minimum atomic E-state index is -0.405. The molecular formula is C15H13FN2O2. The van der Waals surface area contributed by atoms with Gasteiger partial charge in [-0.25, -0.2) is 4.39 Å². The average Bonchev–Trinajstić information content (AvgIpc) is 2.47. The molecule has 102 valence electrons. The monoisotopic (exact) mass is 272 g/mol. The third kappa shape index (κ3) is 3.27. The summed E-state index contributed by atoms with van der Waals surface area (Å²) < 4.78 is 12.8. The Bertz CT molecular complexity index is 639. The third-order valence-corrected chi connectivity index (χ3v) is 2.73. The predicted octanol–water partition coefficient (Wildman–Crippen LogP) is 2.22. The number of nitrogens with one attached hydrogen (secondary N) is 1. The number of carbonyl (C=O) groups excluding carboxylic acids is 2. The molecule has 0 bridgehead atoms. The molecule has 20 heavy (non-hydrogen) atoms. The molecule has 3 N–H and O–H groups in total. The molecule has 4 nitrogen and oxygen atoms in total. The maximum atomic E-state index is 12.8. The zero-order chi connectivity index (χ0) is 14.5. The molecule has 0 radical (unpaired) electrons. The highest BCUT2D eigenvalue weighted by Gasteiger charge is 2.08. The van der Waals surface area contributed by atoms with E-state index in [0.29, 0.717) is 16.8 Å². The number of halogens is 1. The molecular weight excluding hydrogens is 259 g/mol. The maximum absolute atomic E-state index is 12.8. The SMILES string of the molecule is NCC(=O)c1cccc(NC(=O)c2ccc(F)cc2)c1. The molecule has 2 rings (SSSR count). The van der Waals surface area contributed by atoms with Crippen molar-refractivity contribution in [1.29, 1.82) is 0 Å². The number of anilines is 1. The summed E-state index contributed by atoms with van der Waals surface area (Å²) in [6.45, 7) is -0.0879. The summed E-state index contributed by atoms with van der Waals surface area (Å²) in [5.41, 5.74) is 6.54. The van der Waals surface area contributed by atoms with Crippen molar-refractivity contribution in [2.24, 2.45) is 5.73 Å². The quantitative estimate of drug-likeness (QED) is 0.838. The molecule has 0 saturated heterocycles. The Morgan fingerprint density at radius 1 is 1.05 bits per heavy atom. The largest absolute Gasteiger partial charge is 0.324 e. The highest BCUT2D eigenvalue weighted by atomic mass is 19.1. The molecule has 0 unspecified atom stereocenters. The molecule has 0 aliphatic carbocycles. The van der Waals surface area contributed by atoms with Crippen molar-refractivity contribution in [2.45, 2.75) is 0 Å². The lowest BCUT2D eigenvalue weighted by atomic mass is 10.1. The van der Waals surface area contributed by atoms with E-state index >= 15 is 0 Å². The average molecular weight is 272 g/mol. The molecule has 0 spiro atoms. The highest BCUT2D eigenvalue weighted by Crippen LogP contribution is 2.13. The van der Waals surface area contributed by atoms with Crippen LogP contribution < -0.4 is 11.1 Å². The van der Waals surface area contributed by atoms with Crippen LogP contribution in [0.5, 0.6) is 0 Å². The van der Waals surface area contributed by atoms with Gasteiger partial charge in [0, 0.05) is 16.8 Å². The van der Waals surface area contributed by atoms with E-state index in [0.717, 1.165) is 0 Å². The Hall–Kier alpha value is -2.53. The number of amides is 1. The number of rotatable bonds is 4. The van der Waals surface area contributed by atoms with E-state index in [4.69, 9.17) is 5.73 Å². The van der Waals surface area contributed by atoms with Crippen LogP contribution in [0.4, 0.5) is 10.1 Å². The fourth-order valence-corrected chi connectivity index (χ4v) is 1.69. The third-order valence-electron chi connectivity index (χ3n) is 2.73. The lowest BCUT2D eigenvalue weighted by Crippen LogP contribution is -2.15. The molecule has 0 atom stereocenters. The van der Waals surface area contributed by atoms with Crippen LogP contribution in [-0.2, 0) is 0 Å². The van der Waals surface area contributed by atoms with E-state index in [9.17, 15) is 14.0 Å². The second-order valence-corrected chi connectivity index (χ2v) is 4.17. The molecule has 0 saturated carbocycles. The van der Waals surface area contributed by atoms with Gasteiger partial charge in [0.25, 0.3) is 5.91 Å². The van der Waals surface area contributed by atoms with Gasteiger partial charge in [-0.05, 0) is 36.4 Å². The van der Waals surface area contributed by atoms with Gasteiger partial charge >= 0.3 is 0 Å². The summed E-state index contributed by atoms with van der Waals surface area (Å²) >= 11 is 0. The van der Waals surface area contributed by atoms with Crippen LogP contribution in [0.2, 0.25) is 0 Å². The first kappa shape index (κ1) is 13.9. The Morgan fingerprint density at radius 2 is 1.75 bits per heavy atom. The first-order valence-electron chi connectivity index (χ1n) is 6.00.